The molecule has 0 saturated heterocycles. The molecule has 9 heteroatoms. The van der Waals surface area contributed by atoms with E-state index >= 15 is 0 Å². The number of methoxy groups -OCH3 is 2. The molecule has 2 saturated carbocycles. The second kappa shape index (κ2) is 53.9. The average Bonchev–Trinajstić information content (AvgIpc) is 1.63. The second-order valence-corrected chi connectivity index (χ2v) is 38.3. The van der Waals surface area contributed by atoms with Crippen molar-refractivity contribution in [1.29, 1.82) is 0 Å². The molecule has 9 nitrogen and oxygen atoms in total. The lowest BCUT2D eigenvalue weighted by Gasteiger charge is -2.27. The summed E-state index contributed by atoms with van der Waals surface area (Å²) in [4.78, 5) is 0. The Bertz CT molecular complexity index is 4070. The van der Waals surface area contributed by atoms with E-state index in [2.05, 4.69) is 360 Å². The summed E-state index contributed by atoms with van der Waals surface area (Å²) in [6.45, 7) is 51.3. The van der Waals surface area contributed by atoms with Crippen LogP contribution in [0.1, 0.15) is 361 Å². The molecular weight excluding hydrogens is 1510 g/mol. The highest BCUT2D eigenvalue weighted by Gasteiger charge is 2.34. The number of ether oxygens (including phenoxy) is 9. The van der Waals surface area contributed by atoms with Crippen LogP contribution in [0.5, 0.6) is 0 Å². The van der Waals surface area contributed by atoms with E-state index in [1.165, 1.54) is 185 Å². The van der Waals surface area contributed by atoms with Crippen LogP contribution in [-0.2, 0) is 55.5 Å². The third-order valence-corrected chi connectivity index (χ3v) is 25.6. The Hall–Kier alpha value is -6.60. The lowest BCUT2D eigenvalue weighted by molar-refractivity contribution is -0.0698. The van der Waals surface area contributed by atoms with Gasteiger partial charge < -0.3 is 42.6 Å². The molecule has 2 fully saturated rings. The average molecular weight is 1680 g/mol. The lowest BCUT2D eigenvalue weighted by atomic mass is 9.88. The Morgan fingerprint density at radius 1 is 0.285 bits per heavy atom. The van der Waals surface area contributed by atoms with E-state index in [-0.39, 0.29) is 42.2 Å². The molecule has 0 bridgehead atoms. The van der Waals surface area contributed by atoms with E-state index in [1.807, 2.05) is 14.2 Å². The van der Waals surface area contributed by atoms with Gasteiger partial charge in [-0.05, 0) is 294 Å². The topological polar surface area (TPSA) is 83.1 Å². The quantitative estimate of drug-likeness (QED) is 0.0616. The molecule has 123 heavy (non-hydrogen) atoms. The van der Waals surface area contributed by atoms with Crippen LogP contribution in [0, 0.1) is 29.6 Å². The first-order chi connectivity index (χ1) is 58.9. The third kappa shape index (κ3) is 33.2. The van der Waals surface area contributed by atoms with Crippen molar-refractivity contribution < 1.29 is 42.6 Å². The van der Waals surface area contributed by atoms with E-state index in [0.29, 0.717) is 72.7 Å². The molecule has 0 aromatic heterocycles. The highest BCUT2D eigenvalue weighted by atomic mass is 16.5. The van der Waals surface area contributed by atoms with Crippen molar-refractivity contribution in [3.05, 3.63) is 250 Å². The van der Waals surface area contributed by atoms with E-state index in [0.717, 1.165) is 37.5 Å². The van der Waals surface area contributed by atoms with Crippen molar-refractivity contribution in [3.63, 3.8) is 0 Å². The number of hydrogen-bond donors (Lipinski definition) is 0. The number of aryl methyl sites for hydroxylation is 2. The van der Waals surface area contributed by atoms with Crippen LogP contribution in [0.25, 0.3) is 33.4 Å². The number of benzene rings is 8. The van der Waals surface area contributed by atoms with Gasteiger partial charge in [0.05, 0.1) is 78.8 Å². The summed E-state index contributed by atoms with van der Waals surface area (Å²) < 4.78 is 52.4. The summed E-state index contributed by atoms with van der Waals surface area (Å²) in [6, 6.07) is 68.6. The fraction of sp³-hybridized carbons (Fsp3) is 0.579. The maximum absolute atomic E-state index is 6.33. The molecule has 0 N–H and O–H groups in total. The smallest absolute Gasteiger partial charge is 0.109 e. The van der Waals surface area contributed by atoms with Crippen LogP contribution in [0.15, 0.2) is 194 Å². The summed E-state index contributed by atoms with van der Waals surface area (Å²) >= 11 is 0. The van der Waals surface area contributed by atoms with Gasteiger partial charge in [0.25, 0.3) is 0 Å². The zero-order chi connectivity index (χ0) is 89.7. The van der Waals surface area contributed by atoms with Crippen LogP contribution in [0.4, 0.5) is 0 Å². The maximum Gasteiger partial charge on any atom is 0.109 e. The molecule has 0 heterocycles. The van der Waals surface area contributed by atoms with Crippen LogP contribution in [0.3, 0.4) is 0 Å². The highest BCUT2D eigenvalue weighted by molar-refractivity contribution is 5.80. The van der Waals surface area contributed by atoms with Crippen LogP contribution in [0.2, 0.25) is 0 Å². The SMILES string of the molecule is CC(C)C(C)OC(C)(C)C.CC(C)C(C)OC1c2ccccc2-c2ccccc21.CC(C)OC(C)C(C)C.CC(C)OC1CCc2ccccc21.CC(C)OC1c2ccccc2-c2ccccc21.CCC(C)OC1CCc2ccccc21.CCC(C)OC1c2ccccc2-c2ccccc21.COC(C)C1CCCCCC1.COC(C)C1CCCCCCC1. The van der Waals surface area contributed by atoms with Crippen molar-refractivity contribution in [1.82, 2.24) is 0 Å². The highest BCUT2D eigenvalue weighted by Crippen LogP contribution is 2.49. The van der Waals surface area contributed by atoms with Crippen molar-refractivity contribution in [2.45, 2.75) is 385 Å². The molecule has 9 atom stereocenters. The zero-order valence-electron chi connectivity index (χ0n) is 81.6. The van der Waals surface area contributed by atoms with E-state index < -0.39 is 0 Å². The normalized spacial score (nSPS) is 18.2. The van der Waals surface area contributed by atoms with Gasteiger partial charge in [-0.3, -0.25) is 0 Å². The van der Waals surface area contributed by atoms with Gasteiger partial charge >= 0.3 is 0 Å². The minimum atomic E-state index is 0.00366. The molecule has 8 aromatic rings. The molecule has 0 spiro atoms. The lowest BCUT2D eigenvalue weighted by Crippen LogP contribution is -2.28. The Balaban J connectivity index is 0.000000192. The molecular formula is C114H168O9. The summed E-state index contributed by atoms with van der Waals surface area (Å²) in [7, 11) is 3.67. The number of rotatable bonds is 22. The van der Waals surface area contributed by atoms with E-state index in [1.54, 1.807) is 0 Å². The first-order valence-electron chi connectivity index (χ1n) is 48.3. The van der Waals surface area contributed by atoms with Gasteiger partial charge in [0, 0.05) is 14.2 Å². The predicted octanol–water partition coefficient (Wildman–Crippen LogP) is 31.8. The van der Waals surface area contributed by atoms with Gasteiger partial charge in [-0.1, -0.05) is 307 Å². The van der Waals surface area contributed by atoms with Gasteiger partial charge in [0.1, 0.15) is 18.3 Å². The zero-order valence-corrected chi connectivity index (χ0v) is 81.6. The predicted molar refractivity (Wildman–Crippen MR) is 521 cm³/mol. The Kier molecular flexibility index (Phi) is 45.3. The van der Waals surface area contributed by atoms with Gasteiger partial charge in [-0.2, -0.15) is 0 Å². The first kappa shape index (κ1) is 103. The minimum Gasteiger partial charge on any atom is -0.381 e. The molecule has 678 valence electrons. The molecule has 7 aliphatic carbocycles. The molecule has 0 aliphatic heterocycles. The molecule has 9 unspecified atom stereocenters. The summed E-state index contributed by atoms with van der Waals surface area (Å²) in [5, 5.41) is 0. The number of hydrogen-bond acceptors (Lipinski definition) is 9. The molecule has 15 rings (SSSR count). The van der Waals surface area contributed by atoms with Gasteiger partial charge in [0.2, 0.25) is 0 Å². The van der Waals surface area contributed by atoms with E-state index in [9.17, 15) is 0 Å². The van der Waals surface area contributed by atoms with Crippen LogP contribution < -0.4 is 0 Å². The minimum absolute atomic E-state index is 0.00366. The summed E-state index contributed by atoms with van der Waals surface area (Å²) in [5.41, 5.74) is 21.5. The molecule has 8 aromatic carbocycles. The molecule has 0 amide bonds. The molecule has 0 radical (unpaired) electrons. The van der Waals surface area contributed by atoms with Crippen molar-refractivity contribution in [2.75, 3.05) is 14.2 Å². The van der Waals surface area contributed by atoms with E-state index in [4.69, 9.17) is 42.6 Å². The van der Waals surface area contributed by atoms with Gasteiger partial charge in [0.15, 0.2) is 0 Å². The fourth-order valence-corrected chi connectivity index (χ4v) is 17.2. The third-order valence-electron chi connectivity index (χ3n) is 25.6. The Labute approximate surface area is 750 Å². The largest absolute Gasteiger partial charge is 0.381 e. The fourth-order valence-electron chi connectivity index (χ4n) is 17.2. The van der Waals surface area contributed by atoms with Crippen molar-refractivity contribution >= 4 is 0 Å². The summed E-state index contributed by atoms with van der Waals surface area (Å²) in [6.07, 6.45) is 29.7. The summed E-state index contributed by atoms with van der Waals surface area (Å²) in [5.74, 6) is 3.43. The second-order valence-electron chi connectivity index (χ2n) is 38.3. The standard InChI is InChI=1S/C18H20O.C17H18O.C16H16O.C13H18O.C12H16O.C11H22O.C10H20O.C9H20O.C8H18O/c1-12(2)13(3)19-18-16-10-6-4-8-14(16)15-9-5-7-11-17(15)18;1-3-12(2)18-17-15-10-6-4-8-13(15)14-9-5-7-11-16(14)17;1-11(2)17-16-14-9-5-3-7-12(14)13-8-4-6-10-15(13)16;1-3-10(2)14-13-9-8-11-6-4-5-7-12(11)13;1-9(2)13-12-8-7-10-5-3-4-6-11(10)12;1-10(12-2)11-8-6-4-3-5-7-9-11;1-9(11-2)10-7-5-3-4-6-8-10;1-7(2)8(3)10-9(4,5)6;1-6(2)8(5)9-7(3)4/h4-13,18H,1-3H3;4-12,17H,3H2,1-2H3;3-11,16H,1-2H3;4-7,10,13H,3,8-9H2,1-2H3;3-6,9,12H,7-8H2,1-2H3;10-11H,3-9H2,1-2H3;9-10H,3-8H2,1-2H3;7-8H,1-6H3;6-8H,1-5H3. The van der Waals surface area contributed by atoms with Gasteiger partial charge in [-0.15, -0.1) is 0 Å². The van der Waals surface area contributed by atoms with Crippen LogP contribution >= 0.6 is 0 Å². The van der Waals surface area contributed by atoms with Crippen molar-refractivity contribution in [3.8, 4) is 33.4 Å². The molecule has 7 aliphatic rings. The monoisotopic (exact) mass is 1680 g/mol. The van der Waals surface area contributed by atoms with Gasteiger partial charge in [-0.25, -0.2) is 0 Å². The van der Waals surface area contributed by atoms with Crippen LogP contribution in [-0.4, -0.2) is 80.9 Å². The Morgan fingerprint density at radius 3 is 0.837 bits per heavy atom. The van der Waals surface area contributed by atoms with Crippen molar-refractivity contribution in [2.24, 2.45) is 29.6 Å². The number of fused-ring (bicyclic) bond motifs is 11. The Morgan fingerprint density at radius 2 is 0.561 bits per heavy atom. The maximum atomic E-state index is 6.33. The first-order valence-corrected chi connectivity index (χ1v) is 48.3.